The van der Waals surface area contributed by atoms with E-state index < -0.39 is 0 Å². The lowest BCUT2D eigenvalue weighted by molar-refractivity contribution is -0.147. The standard InChI is InChI=1S/C18H29N3O3/c1-11(10-15-12(2)20-21-13(15)3)17(22)19-16-9-7-5-6-8-14(16)18(23)24-4/h11,14,16H,5-10H2,1-4H3,(H,19,22)(H,20,21)/t11-,14-,16+/m1/s1. The first-order chi connectivity index (χ1) is 11.4. The van der Waals surface area contributed by atoms with Crippen LogP contribution in [0.4, 0.5) is 0 Å². The van der Waals surface area contributed by atoms with Crippen LogP contribution in [0, 0.1) is 25.7 Å². The number of H-pyrrole nitrogens is 1. The SMILES string of the molecule is COC(=O)[C@@H]1CCCCC[C@@H]1NC(=O)[C@H](C)Cc1c(C)n[nH]c1C. The minimum atomic E-state index is -0.231. The summed E-state index contributed by atoms with van der Waals surface area (Å²) in [6.07, 6.45) is 5.41. The second kappa shape index (κ2) is 8.31. The van der Waals surface area contributed by atoms with Crippen LogP contribution < -0.4 is 5.32 Å². The molecule has 0 saturated heterocycles. The summed E-state index contributed by atoms with van der Waals surface area (Å²) in [5.74, 6) is -0.611. The highest BCUT2D eigenvalue weighted by atomic mass is 16.5. The molecule has 3 atom stereocenters. The summed E-state index contributed by atoms with van der Waals surface area (Å²) >= 11 is 0. The topological polar surface area (TPSA) is 84.1 Å². The van der Waals surface area contributed by atoms with Crippen molar-refractivity contribution in [2.24, 2.45) is 11.8 Å². The molecule has 1 fully saturated rings. The molecule has 0 radical (unpaired) electrons. The normalized spacial score (nSPS) is 22.5. The second-order valence-corrected chi connectivity index (χ2v) is 6.90. The molecule has 6 nitrogen and oxygen atoms in total. The number of carbonyl (C=O) groups excluding carboxylic acids is 2. The zero-order chi connectivity index (χ0) is 17.7. The number of aromatic nitrogens is 2. The Balaban J connectivity index is 2.01. The number of aromatic amines is 1. The van der Waals surface area contributed by atoms with Crippen molar-refractivity contribution < 1.29 is 14.3 Å². The van der Waals surface area contributed by atoms with E-state index >= 15 is 0 Å². The molecule has 24 heavy (non-hydrogen) atoms. The summed E-state index contributed by atoms with van der Waals surface area (Å²) in [6.45, 7) is 5.84. The zero-order valence-corrected chi connectivity index (χ0v) is 15.1. The summed E-state index contributed by atoms with van der Waals surface area (Å²) in [5, 5.41) is 10.2. The average Bonchev–Trinajstić information content (AvgIpc) is 2.77. The van der Waals surface area contributed by atoms with Gasteiger partial charge in [0.05, 0.1) is 18.7 Å². The van der Waals surface area contributed by atoms with E-state index in [1.54, 1.807) is 0 Å². The van der Waals surface area contributed by atoms with Gasteiger partial charge in [0.1, 0.15) is 0 Å². The maximum absolute atomic E-state index is 12.6. The Morgan fingerprint density at radius 3 is 2.62 bits per heavy atom. The molecule has 1 amide bonds. The molecule has 1 aliphatic carbocycles. The summed E-state index contributed by atoms with van der Waals surface area (Å²) in [6, 6.07) is -0.124. The van der Waals surface area contributed by atoms with Gasteiger partial charge in [0.25, 0.3) is 0 Å². The number of rotatable bonds is 5. The molecule has 2 N–H and O–H groups in total. The van der Waals surface area contributed by atoms with Gasteiger partial charge in [0.2, 0.25) is 5.91 Å². The molecule has 1 aromatic rings. The van der Waals surface area contributed by atoms with Gasteiger partial charge in [-0.25, -0.2) is 0 Å². The van der Waals surface area contributed by atoms with E-state index in [2.05, 4.69) is 15.5 Å². The second-order valence-electron chi connectivity index (χ2n) is 6.90. The minimum absolute atomic E-state index is 0.00389. The minimum Gasteiger partial charge on any atom is -0.469 e. The van der Waals surface area contributed by atoms with Crippen LogP contribution in [-0.4, -0.2) is 35.2 Å². The monoisotopic (exact) mass is 335 g/mol. The molecule has 1 heterocycles. The largest absolute Gasteiger partial charge is 0.469 e. The quantitative estimate of drug-likeness (QED) is 0.639. The number of nitrogens with one attached hydrogen (secondary N) is 2. The Labute approximate surface area is 143 Å². The first-order valence-corrected chi connectivity index (χ1v) is 8.82. The van der Waals surface area contributed by atoms with Gasteiger partial charge in [-0.1, -0.05) is 26.2 Å². The highest BCUT2D eigenvalue weighted by Gasteiger charge is 2.32. The molecule has 0 unspecified atom stereocenters. The molecule has 0 spiro atoms. The number of amides is 1. The third-order valence-electron chi connectivity index (χ3n) is 5.09. The molecule has 1 aromatic heterocycles. The predicted molar refractivity (Wildman–Crippen MR) is 91.5 cm³/mol. The third kappa shape index (κ3) is 4.36. The molecule has 6 heteroatoms. The van der Waals surface area contributed by atoms with Crippen molar-refractivity contribution in [1.82, 2.24) is 15.5 Å². The van der Waals surface area contributed by atoms with E-state index in [9.17, 15) is 9.59 Å². The van der Waals surface area contributed by atoms with Gasteiger partial charge >= 0.3 is 5.97 Å². The summed E-state index contributed by atoms with van der Waals surface area (Å²) in [4.78, 5) is 24.7. The predicted octanol–water partition coefficient (Wildman–Crippen LogP) is 2.44. The van der Waals surface area contributed by atoms with Gasteiger partial charge in [0.15, 0.2) is 0 Å². The molecular weight excluding hydrogens is 306 g/mol. The lowest BCUT2D eigenvalue weighted by Crippen LogP contribution is -2.45. The van der Waals surface area contributed by atoms with E-state index in [-0.39, 0.29) is 29.8 Å². The Bertz CT molecular complexity index is 563. The molecule has 1 aliphatic rings. The number of aryl methyl sites for hydroxylation is 2. The van der Waals surface area contributed by atoms with Crippen molar-refractivity contribution in [3.8, 4) is 0 Å². The van der Waals surface area contributed by atoms with Crippen molar-refractivity contribution in [3.63, 3.8) is 0 Å². The highest BCUT2D eigenvalue weighted by molar-refractivity contribution is 5.80. The summed E-state index contributed by atoms with van der Waals surface area (Å²) < 4.78 is 4.93. The van der Waals surface area contributed by atoms with Gasteiger partial charge in [-0.3, -0.25) is 14.7 Å². The van der Waals surface area contributed by atoms with Crippen molar-refractivity contribution in [2.45, 2.75) is 65.3 Å². The maximum atomic E-state index is 12.6. The Kier molecular flexibility index (Phi) is 6.40. The van der Waals surface area contributed by atoms with Gasteiger partial charge in [-0.2, -0.15) is 5.10 Å². The lowest BCUT2D eigenvalue weighted by Gasteiger charge is -2.25. The van der Waals surface area contributed by atoms with Crippen LogP contribution in [-0.2, 0) is 20.7 Å². The summed E-state index contributed by atoms with van der Waals surface area (Å²) in [5.41, 5.74) is 3.05. The third-order valence-corrected chi connectivity index (χ3v) is 5.09. The Morgan fingerprint density at radius 2 is 2.00 bits per heavy atom. The molecule has 0 bridgehead atoms. The van der Waals surface area contributed by atoms with Crippen LogP contribution in [0.25, 0.3) is 0 Å². The van der Waals surface area contributed by atoms with Crippen LogP contribution in [0.15, 0.2) is 0 Å². The lowest BCUT2D eigenvalue weighted by atomic mass is 9.93. The fraction of sp³-hybridized carbons (Fsp3) is 0.722. The number of methoxy groups -OCH3 is 1. The zero-order valence-electron chi connectivity index (χ0n) is 15.1. The van der Waals surface area contributed by atoms with E-state index in [4.69, 9.17) is 4.74 Å². The highest BCUT2D eigenvalue weighted by Crippen LogP contribution is 2.25. The van der Waals surface area contributed by atoms with Crippen molar-refractivity contribution in [3.05, 3.63) is 17.0 Å². The molecule has 2 rings (SSSR count). The van der Waals surface area contributed by atoms with Crippen LogP contribution in [0.1, 0.15) is 56.0 Å². The number of nitrogens with zero attached hydrogens (tertiary/aromatic N) is 1. The maximum Gasteiger partial charge on any atom is 0.310 e. The van der Waals surface area contributed by atoms with Crippen molar-refractivity contribution in [2.75, 3.05) is 7.11 Å². The molecule has 0 aliphatic heterocycles. The van der Waals surface area contributed by atoms with Crippen molar-refractivity contribution in [1.29, 1.82) is 0 Å². The van der Waals surface area contributed by atoms with Gasteiger partial charge in [-0.15, -0.1) is 0 Å². The van der Waals surface area contributed by atoms with Gasteiger partial charge < -0.3 is 10.1 Å². The van der Waals surface area contributed by atoms with Crippen LogP contribution in [0.3, 0.4) is 0 Å². The fourth-order valence-corrected chi connectivity index (χ4v) is 3.51. The number of ether oxygens (including phenoxy) is 1. The van der Waals surface area contributed by atoms with Gasteiger partial charge in [-0.05, 0) is 38.7 Å². The van der Waals surface area contributed by atoms with Crippen LogP contribution >= 0.6 is 0 Å². The number of carbonyl (C=O) groups is 2. The van der Waals surface area contributed by atoms with Crippen LogP contribution in [0.2, 0.25) is 0 Å². The first kappa shape index (κ1) is 18.5. The number of hydrogen-bond acceptors (Lipinski definition) is 4. The fourth-order valence-electron chi connectivity index (χ4n) is 3.51. The Hall–Kier alpha value is -1.85. The molecular formula is C18H29N3O3. The van der Waals surface area contributed by atoms with Crippen LogP contribution in [0.5, 0.6) is 0 Å². The molecule has 1 saturated carbocycles. The van der Waals surface area contributed by atoms with E-state index in [1.807, 2.05) is 20.8 Å². The van der Waals surface area contributed by atoms with E-state index in [0.29, 0.717) is 6.42 Å². The van der Waals surface area contributed by atoms with E-state index in [1.165, 1.54) is 7.11 Å². The smallest absolute Gasteiger partial charge is 0.310 e. The summed E-state index contributed by atoms with van der Waals surface area (Å²) in [7, 11) is 1.42. The molecule has 0 aromatic carbocycles. The average molecular weight is 335 g/mol. The number of hydrogen-bond donors (Lipinski definition) is 2. The first-order valence-electron chi connectivity index (χ1n) is 8.82. The molecule has 134 valence electrons. The Morgan fingerprint density at radius 1 is 1.29 bits per heavy atom. The van der Waals surface area contributed by atoms with E-state index in [0.717, 1.165) is 49.1 Å². The van der Waals surface area contributed by atoms with Crippen molar-refractivity contribution >= 4 is 11.9 Å². The van der Waals surface area contributed by atoms with Gasteiger partial charge in [0, 0.05) is 17.7 Å². The number of esters is 1.